The summed E-state index contributed by atoms with van der Waals surface area (Å²) in [7, 11) is 0. The molecule has 4 rings (SSSR count). The second-order valence-electron chi connectivity index (χ2n) is 9.01. The van der Waals surface area contributed by atoms with E-state index in [9.17, 15) is 18.8 Å². The number of anilines is 3. The van der Waals surface area contributed by atoms with Crippen molar-refractivity contribution in [1.29, 1.82) is 0 Å². The third-order valence-electron chi connectivity index (χ3n) is 6.06. The Morgan fingerprint density at radius 2 is 1.73 bits per heavy atom. The summed E-state index contributed by atoms with van der Waals surface area (Å²) >= 11 is 0.959. The van der Waals surface area contributed by atoms with E-state index in [1.807, 2.05) is 31.2 Å². The number of aromatic nitrogens is 1. The number of ether oxygens (including phenoxy) is 1. The topological polar surface area (TPSA) is 141 Å². The molecule has 1 aromatic heterocycles. The summed E-state index contributed by atoms with van der Waals surface area (Å²) in [6.45, 7) is 3.60. The summed E-state index contributed by atoms with van der Waals surface area (Å²) in [4.78, 5) is 43.9. The second-order valence-corrected chi connectivity index (χ2v) is 9.99. The maximum absolute atomic E-state index is 13.5. The third-order valence-corrected chi connectivity index (χ3v) is 7.13. The van der Waals surface area contributed by atoms with Crippen molar-refractivity contribution in [3.63, 3.8) is 0 Å². The van der Waals surface area contributed by atoms with Gasteiger partial charge in [0, 0.05) is 12.2 Å². The molecule has 0 spiro atoms. The molecule has 0 aliphatic carbocycles. The van der Waals surface area contributed by atoms with E-state index >= 15 is 0 Å². The summed E-state index contributed by atoms with van der Waals surface area (Å²) in [5.74, 6) is -1.77. The second kappa shape index (κ2) is 12.4. The largest absolute Gasteiger partial charge is 0.483 e. The van der Waals surface area contributed by atoms with Crippen LogP contribution in [0, 0.1) is 12.7 Å². The molecule has 1 atom stereocenters. The van der Waals surface area contributed by atoms with E-state index in [1.54, 1.807) is 31.2 Å². The molecule has 2 amide bonds. The number of carbonyl (C=O) groups is 3. The van der Waals surface area contributed by atoms with Crippen LogP contribution in [0.3, 0.4) is 0 Å². The smallest absolute Gasteiger partial charge is 0.258 e. The number of ketones is 1. The zero-order chi connectivity index (χ0) is 28.8. The van der Waals surface area contributed by atoms with Crippen molar-refractivity contribution in [3.05, 3.63) is 100 Å². The fourth-order valence-electron chi connectivity index (χ4n) is 3.82. The van der Waals surface area contributed by atoms with Gasteiger partial charge in [0.05, 0.1) is 5.56 Å². The molecule has 11 heteroatoms. The minimum Gasteiger partial charge on any atom is -0.483 e. The van der Waals surface area contributed by atoms with Crippen LogP contribution in [0.1, 0.15) is 33.3 Å². The van der Waals surface area contributed by atoms with Crippen molar-refractivity contribution < 1.29 is 23.5 Å². The minimum absolute atomic E-state index is 0.0561. The number of thiazole rings is 1. The number of nitrogens with two attached hydrogens (primary N) is 2. The van der Waals surface area contributed by atoms with Gasteiger partial charge in [-0.15, -0.1) is 0 Å². The first-order valence-corrected chi connectivity index (χ1v) is 13.1. The monoisotopic (exact) mass is 561 g/mol. The predicted molar refractivity (Wildman–Crippen MR) is 152 cm³/mol. The van der Waals surface area contributed by atoms with Gasteiger partial charge in [-0.25, -0.2) is 9.37 Å². The normalized spacial score (nSPS) is 11.5. The lowest BCUT2D eigenvalue weighted by Crippen LogP contribution is -2.39. The number of hydrogen-bond donors (Lipinski definition) is 3. The Bertz CT molecular complexity index is 1520. The quantitative estimate of drug-likeness (QED) is 0.234. The lowest BCUT2D eigenvalue weighted by atomic mass is 10.1. The van der Waals surface area contributed by atoms with Gasteiger partial charge in [0.15, 0.2) is 11.7 Å². The molecule has 5 N–H and O–H groups in total. The molecule has 0 aliphatic heterocycles. The number of nitrogens with one attached hydrogen (secondary N) is 1. The van der Waals surface area contributed by atoms with Gasteiger partial charge in [-0.1, -0.05) is 53.3 Å². The lowest BCUT2D eigenvalue weighted by molar-refractivity contribution is -0.123. The van der Waals surface area contributed by atoms with E-state index in [2.05, 4.69) is 10.3 Å². The van der Waals surface area contributed by atoms with Gasteiger partial charge in [-0.2, -0.15) is 0 Å². The van der Waals surface area contributed by atoms with Gasteiger partial charge >= 0.3 is 0 Å². The Morgan fingerprint density at radius 1 is 1.05 bits per heavy atom. The first kappa shape index (κ1) is 28.2. The first-order valence-electron chi connectivity index (χ1n) is 12.3. The number of primary amides is 1. The maximum Gasteiger partial charge on any atom is 0.258 e. The zero-order valence-electron chi connectivity index (χ0n) is 21.9. The van der Waals surface area contributed by atoms with Crippen LogP contribution in [0.4, 0.5) is 21.0 Å². The molecule has 0 bridgehead atoms. The van der Waals surface area contributed by atoms with Crippen molar-refractivity contribution in [2.45, 2.75) is 26.4 Å². The summed E-state index contributed by atoms with van der Waals surface area (Å²) in [5.41, 5.74) is 14.4. The van der Waals surface area contributed by atoms with Crippen LogP contribution in [0.5, 0.6) is 5.75 Å². The summed E-state index contributed by atoms with van der Waals surface area (Å²) in [5, 5.41) is 3.02. The lowest BCUT2D eigenvalue weighted by Gasteiger charge is -2.26. The highest BCUT2D eigenvalue weighted by Crippen LogP contribution is 2.37. The zero-order valence-corrected chi connectivity index (χ0v) is 22.7. The molecule has 40 heavy (non-hydrogen) atoms. The van der Waals surface area contributed by atoms with Gasteiger partial charge in [-0.05, 0) is 55.8 Å². The standard InChI is InChI=1S/C29H28FN5O4S/c1-17-7-9-19(10-8-17)15-33-24(36)16-39-23-6-4-3-5-22(23)25(37)26-27(31)34-29(40-26)35(18(2)28(32)38)21-13-11-20(30)12-14-21/h3-14,18H,15-16,31H2,1-2H3,(H2,32,38)(H,33,36). The molecule has 9 nitrogen and oxygen atoms in total. The minimum atomic E-state index is -0.868. The fourth-order valence-corrected chi connectivity index (χ4v) is 4.86. The van der Waals surface area contributed by atoms with E-state index in [0.717, 1.165) is 22.5 Å². The molecule has 0 saturated carbocycles. The molecule has 0 fully saturated rings. The number of benzene rings is 3. The van der Waals surface area contributed by atoms with Gasteiger partial charge in [0.2, 0.25) is 11.7 Å². The number of nitrogen functional groups attached to an aromatic ring is 1. The number of rotatable bonds is 11. The van der Waals surface area contributed by atoms with E-state index in [1.165, 1.54) is 29.2 Å². The van der Waals surface area contributed by atoms with Gasteiger partial charge in [-0.3, -0.25) is 14.4 Å². The van der Waals surface area contributed by atoms with Crippen molar-refractivity contribution in [2.75, 3.05) is 17.2 Å². The fraction of sp³-hybridized carbons (Fsp3) is 0.172. The SMILES string of the molecule is Cc1ccc(CNC(=O)COc2ccccc2C(=O)c2sc(N(c3ccc(F)cc3)C(C)C(N)=O)nc2N)cc1. The maximum atomic E-state index is 13.5. The molecular weight excluding hydrogens is 533 g/mol. The van der Waals surface area contributed by atoms with E-state index < -0.39 is 23.5 Å². The van der Waals surface area contributed by atoms with Gasteiger partial charge in [0.1, 0.15) is 28.3 Å². The summed E-state index contributed by atoms with van der Waals surface area (Å²) in [6.07, 6.45) is 0. The third kappa shape index (κ3) is 6.62. The highest BCUT2D eigenvalue weighted by molar-refractivity contribution is 7.18. The number of nitrogens with zero attached hydrogens (tertiary/aromatic N) is 2. The number of carbonyl (C=O) groups excluding carboxylic acids is 3. The summed E-state index contributed by atoms with van der Waals surface area (Å²) in [6, 6.07) is 18.8. The van der Waals surface area contributed by atoms with Crippen molar-refractivity contribution >= 4 is 45.6 Å². The number of aryl methyl sites for hydroxylation is 1. The highest BCUT2D eigenvalue weighted by atomic mass is 32.1. The Kier molecular flexibility index (Phi) is 8.75. The Labute approximate surface area is 234 Å². The molecule has 0 saturated heterocycles. The van der Waals surface area contributed by atoms with E-state index in [0.29, 0.717) is 12.2 Å². The Morgan fingerprint density at radius 3 is 2.40 bits per heavy atom. The van der Waals surface area contributed by atoms with Crippen LogP contribution in [0.15, 0.2) is 72.8 Å². The molecule has 0 radical (unpaired) electrons. The molecule has 206 valence electrons. The van der Waals surface area contributed by atoms with Crippen LogP contribution in [0.25, 0.3) is 0 Å². The molecule has 1 unspecified atom stereocenters. The van der Waals surface area contributed by atoms with Crippen molar-refractivity contribution in [2.24, 2.45) is 5.73 Å². The number of hydrogen-bond acceptors (Lipinski definition) is 8. The predicted octanol–water partition coefficient (Wildman–Crippen LogP) is 4.11. The molecule has 1 heterocycles. The molecule has 0 aliphatic rings. The average Bonchev–Trinajstić information content (AvgIpc) is 3.33. The molecule has 3 aromatic carbocycles. The van der Waals surface area contributed by atoms with Crippen LogP contribution in [-0.4, -0.2) is 35.2 Å². The van der Waals surface area contributed by atoms with Crippen LogP contribution in [0.2, 0.25) is 0 Å². The Balaban J connectivity index is 1.52. The molecule has 4 aromatic rings. The average molecular weight is 562 g/mol. The van der Waals surface area contributed by atoms with E-state index in [4.69, 9.17) is 16.2 Å². The van der Waals surface area contributed by atoms with Gasteiger partial charge in [0.25, 0.3) is 5.91 Å². The van der Waals surface area contributed by atoms with Crippen LogP contribution in [-0.2, 0) is 16.1 Å². The van der Waals surface area contributed by atoms with Crippen molar-refractivity contribution in [1.82, 2.24) is 10.3 Å². The van der Waals surface area contributed by atoms with Crippen LogP contribution >= 0.6 is 11.3 Å². The highest BCUT2D eigenvalue weighted by Gasteiger charge is 2.28. The van der Waals surface area contributed by atoms with Crippen molar-refractivity contribution in [3.8, 4) is 5.75 Å². The first-order chi connectivity index (χ1) is 19.1. The molecular formula is C29H28FN5O4S. The van der Waals surface area contributed by atoms with Gasteiger partial charge < -0.3 is 26.4 Å². The van der Waals surface area contributed by atoms with E-state index in [-0.39, 0.29) is 39.7 Å². The number of amides is 2. The summed E-state index contributed by atoms with van der Waals surface area (Å²) < 4.78 is 19.2. The number of halogens is 1. The Hall–Kier alpha value is -4.77. The number of para-hydroxylation sites is 1. The van der Waals surface area contributed by atoms with Crippen LogP contribution < -0.4 is 26.4 Å².